The van der Waals surface area contributed by atoms with Gasteiger partial charge >= 0.3 is 11.2 Å². The molecule has 0 atom stereocenters. The average molecular weight is 273 g/mol. The zero-order chi connectivity index (χ0) is 14.7. The molecule has 0 aliphatic rings. The standard InChI is InChI=1S/C13H11N3O4/c1-8-4-2-3-5-9(8)6-7-10-14-12(17)11(16(19)20)13(18)15-10/h2-7H,1H3,(H2,14,15,17,18)/b7-6+. The Morgan fingerprint density at radius 1 is 1.35 bits per heavy atom. The quantitative estimate of drug-likeness (QED) is 0.655. The molecule has 1 aromatic carbocycles. The zero-order valence-electron chi connectivity index (χ0n) is 10.5. The second-order valence-electron chi connectivity index (χ2n) is 4.07. The molecule has 0 fully saturated rings. The smallest absolute Gasteiger partial charge is 0.395 e. The number of aromatic amines is 1. The molecule has 0 spiro atoms. The van der Waals surface area contributed by atoms with E-state index in [0.717, 1.165) is 11.1 Å². The summed E-state index contributed by atoms with van der Waals surface area (Å²) in [6.45, 7) is 1.92. The molecular weight excluding hydrogens is 262 g/mol. The maximum absolute atomic E-state index is 11.4. The molecule has 20 heavy (non-hydrogen) atoms. The van der Waals surface area contributed by atoms with Crippen molar-refractivity contribution in [3.63, 3.8) is 0 Å². The first kappa shape index (κ1) is 13.5. The topological polar surface area (TPSA) is 109 Å². The number of hydrogen-bond donors (Lipinski definition) is 2. The number of benzene rings is 1. The second-order valence-corrected chi connectivity index (χ2v) is 4.07. The molecule has 0 unspecified atom stereocenters. The average Bonchev–Trinajstić information content (AvgIpc) is 2.36. The minimum Gasteiger partial charge on any atom is -0.488 e. The van der Waals surface area contributed by atoms with Crippen molar-refractivity contribution in [2.75, 3.05) is 0 Å². The van der Waals surface area contributed by atoms with Crippen LogP contribution in [0.15, 0.2) is 29.1 Å². The summed E-state index contributed by atoms with van der Waals surface area (Å²) in [5, 5.41) is 19.9. The van der Waals surface area contributed by atoms with E-state index >= 15 is 0 Å². The van der Waals surface area contributed by atoms with Crippen LogP contribution in [0.1, 0.15) is 17.0 Å². The second kappa shape index (κ2) is 5.35. The molecule has 0 aliphatic carbocycles. The minimum atomic E-state index is -0.994. The summed E-state index contributed by atoms with van der Waals surface area (Å²) < 4.78 is 0. The third kappa shape index (κ3) is 2.72. The van der Waals surface area contributed by atoms with Gasteiger partial charge in [-0.1, -0.05) is 30.3 Å². The number of nitro groups is 1. The van der Waals surface area contributed by atoms with Crippen LogP contribution in [-0.2, 0) is 0 Å². The molecule has 1 heterocycles. The van der Waals surface area contributed by atoms with Crippen molar-refractivity contribution < 1.29 is 10.0 Å². The van der Waals surface area contributed by atoms with Gasteiger partial charge in [-0.2, -0.15) is 4.98 Å². The number of aromatic hydroxyl groups is 1. The van der Waals surface area contributed by atoms with Crippen LogP contribution in [-0.4, -0.2) is 20.0 Å². The van der Waals surface area contributed by atoms with Gasteiger partial charge in [0.1, 0.15) is 5.82 Å². The molecule has 0 amide bonds. The van der Waals surface area contributed by atoms with Crippen LogP contribution >= 0.6 is 0 Å². The highest BCUT2D eigenvalue weighted by Crippen LogP contribution is 2.17. The molecule has 2 rings (SSSR count). The molecule has 0 radical (unpaired) electrons. The zero-order valence-corrected chi connectivity index (χ0v) is 10.5. The highest BCUT2D eigenvalue weighted by atomic mass is 16.6. The Morgan fingerprint density at radius 3 is 2.65 bits per heavy atom. The predicted molar refractivity (Wildman–Crippen MR) is 73.3 cm³/mol. The van der Waals surface area contributed by atoms with Crippen molar-refractivity contribution >= 4 is 17.8 Å². The Balaban J connectivity index is 2.39. The molecule has 0 aliphatic heterocycles. The van der Waals surface area contributed by atoms with E-state index in [4.69, 9.17) is 0 Å². The summed E-state index contributed by atoms with van der Waals surface area (Å²) in [6, 6.07) is 7.54. The largest absolute Gasteiger partial charge is 0.488 e. The fourth-order valence-electron chi connectivity index (χ4n) is 1.66. The first-order chi connectivity index (χ1) is 9.49. The van der Waals surface area contributed by atoms with Gasteiger partial charge in [-0.25, -0.2) is 0 Å². The summed E-state index contributed by atoms with van der Waals surface area (Å²) in [7, 11) is 0. The Hall–Kier alpha value is -2.96. The summed E-state index contributed by atoms with van der Waals surface area (Å²) in [4.78, 5) is 26.8. The van der Waals surface area contributed by atoms with Crippen molar-refractivity contribution in [3.8, 4) is 5.88 Å². The number of hydrogen-bond acceptors (Lipinski definition) is 5. The Bertz CT molecular complexity index is 750. The molecule has 0 saturated carbocycles. The van der Waals surface area contributed by atoms with Crippen LogP contribution in [0.2, 0.25) is 0 Å². The lowest BCUT2D eigenvalue weighted by atomic mass is 10.1. The van der Waals surface area contributed by atoms with E-state index in [1.54, 1.807) is 6.08 Å². The maximum Gasteiger partial charge on any atom is 0.395 e. The predicted octanol–water partition coefficient (Wildman–Crippen LogP) is 1.86. The van der Waals surface area contributed by atoms with E-state index in [9.17, 15) is 20.0 Å². The molecule has 102 valence electrons. The molecule has 7 nitrogen and oxygen atoms in total. The Labute approximate surface area is 113 Å². The number of nitrogens with zero attached hydrogens (tertiary/aromatic N) is 2. The SMILES string of the molecule is Cc1ccccc1/C=C/c1nc(O)c([N+](=O)[O-])c(=O)[nH]1. The van der Waals surface area contributed by atoms with E-state index in [1.165, 1.54) is 6.08 Å². The Kier molecular flexibility index (Phi) is 3.60. The van der Waals surface area contributed by atoms with Crippen LogP contribution in [0.3, 0.4) is 0 Å². The highest BCUT2D eigenvalue weighted by Gasteiger charge is 2.21. The third-order valence-corrected chi connectivity index (χ3v) is 2.69. The van der Waals surface area contributed by atoms with Gasteiger partial charge < -0.3 is 10.1 Å². The molecular formula is C13H11N3O4. The lowest BCUT2D eigenvalue weighted by Gasteiger charge is -1.99. The van der Waals surface area contributed by atoms with Gasteiger partial charge in [0, 0.05) is 0 Å². The molecule has 0 saturated heterocycles. The number of H-pyrrole nitrogens is 1. The lowest BCUT2D eigenvalue weighted by molar-refractivity contribution is -0.387. The summed E-state index contributed by atoms with van der Waals surface area (Å²) in [5.74, 6) is -0.857. The van der Waals surface area contributed by atoms with E-state index in [0.29, 0.717) is 0 Å². The first-order valence-corrected chi connectivity index (χ1v) is 5.70. The minimum absolute atomic E-state index is 0.0429. The van der Waals surface area contributed by atoms with Crippen LogP contribution in [0.5, 0.6) is 5.88 Å². The number of aryl methyl sites for hydroxylation is 1. The first-order valence-electron chi connectivity index (χ1n) is 5.70. The van der Waals surface area contributed by atoms with Crippen LogP contribution < -0.4 is 5.56 Å². The van der Waals surface area contributed by atoms with Gasteiger partial charge in [-0.3, -0.25) is 14.9 Å². The van der Waals surface area contributed by atoms with Crippen molar-refractivity contribution in [3.05, 3.63) is 61.7 Å². The summed E-state index contributed by atoms with van der Waals surface area (Å²) >= 11 is 0. The summed E-state index contributed by atoms with van der Waals surface area (Å²) in [6.07, 6.45) is 3.16. The van der Waals surface area contributed by atoms with Gasteiger partial charge in [-0.15, -0.1) is 0 Å². The summed E-state index contributed by atoms with van der Waals surface area (Å²) in [5.41, 5.74) is -0.0183. The van der Waals surface area contributed by atoms with E-state index < -0.39 is 22.0 Å². The number of rotatable bonds is 3. The van der Waals surface area contributed by atoms with Crippen molar-refractivity contribution in [2.24, 2.45) is 0 Å². The third-order valence-electron chi connectivity index (χ3n) is 2.69. The van der Waals surface area contributed by atoms with Gasteiger partial charge in [0.05, 0.1) is 4.92 Å². The van der Waals surface area contributed by atoms with Gasteiger partial charge in [0.25, 0.3) is 5.88 Å². The van der Waals surface area contributed by atoms with Crippen LogP contribution in [0, 0.1) is 17.0 Å². The van der Waals surface area contributed by atoms with Crippen molar-refractivity contribution in [2.45, 2.75) is 6.92 Å². The fraction of sp³-hybridized carbons (Fsp3) is 0.0769. The van der Waals surface area contributed by atoms with E-state index in [2.05, 4.69) is 9.97 Å². The van der Waals surface area contributed by atoms with E-state index in [1.807, 2.05) is 31.2 Å². The molecule has 1 aromatic heterocycles. The molecule has 7 heteroatoms. The van der Waals surface area contributed by atoms with Gasteiger partial charge in [-0.05, 0) is 24.1 Å². The van der Waals surface area contributed by atoms with E-state index in [-0.39, 0.29) is 5.82 Å². The molecule has 0 bridgehead atoms. The molecule has 2 N–H and O–H groups in total. The van der Waals surface area contributed by atoms with Crippen molar-refractivity contribution in [1.82, 2.24) is 9.97 Å². The monoisotopic (exact) mass is 273 g/mol. The number of aromatic nitrogens is 2. The van der Waals surface area contributed by atoms with Crippen LogP contribution in [0.25, 0.3) is 12.2 Å². The van der Waals surface area contributed by atoms with Gasteiger partial charge in [0.15, 0.2) is 0 Å². The number of nitrogens with one attached hydrogen (secondary N) is 1. The van der Waals surface area contributed by atoms with Crippen molar-refractivity contribution in [1.29, 1.82) is 0 Å². The normalized spacial score (nSPS) is 10.8. The maximum atomic E-state index is 11.4. The van der Waals surface area contributed by atoms with Gasteiger partial charge in [0.2, 0.25) is 0 Å². The fourth-order valence-corrected chi connectivity index (χ4v) is 1.66. The Morgan fingerprint density at radius 2 is 2.05 bits per heavy atom. The lowest BCUT2D eigenvalue weighted by Crippen LogP contribution is -2.14. The van der Waals surface area contributed by atoms with Crippen LogP contribution in [0.4, 0.5) is 5.69 Å². The highest BCUT2D eigenvalue weighted by molar-refractivity contribution is 5.68. The molecule has 2 aromatic rings.